The van der Waals surface area contributed by atoms with Crippen molar-refractivity contribution in [1.82, 2.24) is 5.32 Å². The van der Waals surface area contributed by atoms with Crippen LogP contribution in [-0.4, -0.2) is 6.54 Å². The monoisotopic (exact) mass is 293 g/mol. The molecule has 1 aromatic carbocycles. The van der Waals surface area contributed by atoms with Crippen LogP contribution in [0.3, 0.4) is 0 Å². The molecule has 0 amide bonds. The van der Waals surface area contributed by atoms with Gasteiger partial charge in [-0.3, -0.25) is 0 Å². The first-order valence-corrected chi connectivity index (χ1v) is 5.73. The van der Waals surface area contributed by atoms with Gasteiger partial charge in [-0.15, -0.1) is 0 Å². The molecule has 1 rings (SSSR count). The molecule has 0 fully saturated rings. The lowest BCUT2D eigenvalue weighted by Crippen LogP contribution is -2.14. The first-order valence-electron chi connectivity index (χ1n) is 4.12. The van der Waals surface area contributed by atoms with Crippen LogP contribution >= 0.6 is 39.1 Å². The van der Waals surface area contributed by atoms with Gasteiger partial charge in [0.2, 0.25) is 0 Å². The van der Waals surface area contributed by atoms with Crippen molar-refractivity contribution < 1.29 is 0 Å². The molecular formula is C10H10BrCl2N. The second-order valence-electron chi connectivity index (χ2n) is 2.79. The van der Waals surface area contributed by atoms with Crippen LogP contribution in [0.15, 0.2) is 39.3 Å². The Balaban J connectivity index is 2.35. The summed E-state index contributed by atoms with van der Waals surface area (Å²) in [7, 11) is 0. The lowest BCUT2D eigenvalue weighted by atomic mass is 10.2. The maximum absolute atomic E-state index is 5.72. The maximum Gasteiger partial charge on any atom is 0.0432 e. The van der Waals surface area contributed by atoms with Crippen LogP contribution in [0.25, 0.3) is 0 Å². The van der Waals surface area contributed by atoms with Gasteiger partial charge in [-0.05, 0) is 17.7 Å². The van der Waals surface area contributed by atoms with E-state index in [1.54, 1.807) is 0 Å². The molecule has 0 saturated heterocycles. The topological polar surface area (TPSA) is 12.0 Å². The minimum Gasteiger partial charge on any atom is -0.308 e. The molecule has 1 N–H and O–H groups in total. The molecule has 4 heteroatoms. The predicted molar refractivity (Wildman–Crippen MR) is 65.6 cm³/mol. The van der Waals surface area contributed by atoms with E-state index in [1.165, 1.54) is 11.1 Å². The summed E-state index contributed by atoms with van der Waals surface area (Å²) in [5.41, 5.74) is 2.59. The molecule has 0 aromatic heterocycles. The van der Waals surface area contributed by atoms with E-state index in [4.69, 9.17) is 23.2 Å². The summed E-state index contributed by atoms with van der Waals surface area (Å²) in [5, 5.41) is 3.79. The fourth-order valence-corrected chi connectivity index (χ4v) is 1.40. The number of benzene rings is 1. The normalized spacial score (nSPS) is 11.8. The summed E-state index contributed by atoms with van der Waals surface area (Å²) in [6.45, 7) is 1.38. The van der Waals surface area contributed by atoms with E-state index in [9.17, 15) is 0 Å². The molecular weight excluding hydrogens is 285 g/mol. The third-order valence-electron chi connectivity index (χ3n) is 1.65. The Hall–Kier alpha value is -0.0200. The highest BCUT2D eigenvalue weighted by Gasteiger charge is 1.94. The van der Waals surface area contributed by atoms with Crippen LogP contribution < -0.4 is 5.32 Å². The molecule has 0 heterocycles. The summed E-state index contributed by atoms with van der Waals surface area (Å²) in [4.78, 5) is 0. The molecule has 0 aliphatic carbocycles. The van der Waals surface area contributed by atoms with Gasteiger partial charge in [0.1, 0.15) is 0 Å². The molecule has 0 saturated carbocycles. The number of nitrogens with one attached hydrogen (secondary N) is 1. The van der Waals surface area contributed by atoms with Crippen molar-refractivity contribution in [2.75, 3.05) is 6.54 Å². The first kappa shape index (κ1) is 12.1. The van der Waals surface area contributed by atoms with Crippen LogP contribution in [0, 0.1) is 0 Å². The highest BCUT2D eigenvalue weighted by atomic mass is 79.9. The number of rotatable bonds is 4. The summed E-state index contributed by atoms with van der Waals surface area (Å²) < 4.78 is 1.08. The van der Waals surface area contributed by atoms with Crippen LogP contribution in [0.4, 0.5) is 0 Å². The maximum atomic E-state index is 5.72. The molecule has 0 bridgehead atoms. The van der Waals surface area contributed by atoms with Crippen molar-refractivity contribution in [3.63, 3.8) is 0 Å². The summed E-state index contributed by atoms with van der Waals surface area (Å²) >= 11 is 14.5. The third kappa shape index (κ3) is 4.47. The fraction of sp³-hybridized carbons (Fsp3) is 0.200. The van der Waals surface area contributed by atoms with Gasteiger partial charge in [0.25, 0.3) is 0 Å². The van der Waals surface area contributed by atoms with Gasteiger partial charge in [-0.2, -0.15) is 0 Å². The van der Waals surface area contributed by atoms with E-state index in [1.807, 2.05) is 12.1 Å². The van der Waals surface area contributed by atoms with E-state index in [0.29, 0.717) is 11.6 Å². The van der Waals surface area contributed by atoms with Crippen LogP contribution in [0.2, 0.25) is 0 Å². The molecule has 1 aromatic rings. The highest BCUT2D eigenvalue weighted by molar-refractivity contribution is 9.10. The van der Waals surface area contributed by atoms with Crippen molar-refractivity contribution >= 4 is 39.1 Å². The molecule has 1 nitrogen and oxygen atoms in total. The number of hydrogen-bond acceptors (Lipinski definition) is 1. The van der Waals surface area contributed by atoms with Crippen molar-refractivity contribution in [2.24, 2.45) is 0 Å². The van der Waals surface area contributed by atoms with Gasteiger partial charge in [0.15, 0.2) is 0 Å². The fourth-order valence-electron chi connectivity index (χ4n) is 0.967. The van der Waals surface area contributed by atoms with E-state index in [-0.39, 0.29) is 0 Å². The zero-order chi connectivity index (χ0) is 10.4. The molecule has 0 aliphatic rings. The van der Waals surface area contributed by atoms with Crippen molar-refractivity contribution in [3.8, 4) is 0 Å². The Morgan fingerprint density at radius 2 is 2.00 bits per heavy atom. The van der Waals surface area contributed by atoms with Gasteiger partial charge in [-0.25, -0.2) is 0 Å². The predicted octanol–water partition coefficient (Wildman–Crippen LogP) is 3.86. The van der Waals surface area contributed by atoms with Gasteiger partial charge < -0.3 is 5.32 Å². The Morgan fingerprint density at radius 3 is 2.57 bits per heavy atom. The second kappa shape index (κ2) is 6.46. The standard InChI is InChI=1S/C10H10BrCl2N/c11-9-3-1-8(2-4-9)6-14-7-10(13)5-12/h1-5,14H,6-7H2. The Morgan fingerprint density at radius 1 is 1.36 bits per heavy atom. The summed E-state index contributed by atoms with van der Waals surface area (Å²) in [6.07, 6.45) is 0. The lowest BCUT2D eigenvalue weighted by molar-refractivity contribution is 0.754. The van der Waals surface area contributed by atoms with E-state index < -0.39 is 0 Å². The average Bonchev–Trinajstić information content (AvgIpc) is 2.21. The minimum atomic E-state index is 0.598. The van der Waals surface area contributed by atoms with Crippen molar-refractivity contribution in [1.29, 1.82) is 0 Å². The molecule has 0 unspecified atom stereocenters. The van der Waals surface area contributed by atoms with Crippen LogP contribution in [0.1, 0.15) is 5.56 Å². The molecule has 0 atom stereocenters. The molecule has 0 aliphatic heterocycles. The first-order chi connectivity index (χ1) is 6.72. The Bertz CT molecular complexity index is 308. The molecule has 76 valence electrons. The van der Waals surface area contributed by atoms with Gasteiger partial charge >= 0.3 is 0 Å². The highest BCUT2D eigenvalue weighted by Crippen LogP contribution is 2.10. The SMILES string of the molecule is ClC=C(Cl)CNCc1ccc(Br)cc1. The van der Waals surface area contributed by atoms with Crippen LogP contribution in [0.5, 0.6) is 0 Å². The zero-order valence-corrected chi connectivity index (χ0v) is 10.5. The Kier molecular flexibility index (Phi) is 5.56. The van der Waals surface area contributed by atoms with Crippen LogP contribution in [-0.2, 0) is 6.54 Å². The third-order valence-corrected chi connectivity index (χ3v) is 2.80. The molecule has 0 spiro atoms. The largest absolute Gasteiger partial charge is 0.308 e. The van der Waals surface area contributed by atoms with E-state index >= 15 is 0 Å². The quantitative estimate of drug-likeness (QED) is 0.889. The van der Waals surface area contributed by atoms with Gasteiger partial charge in [-0.1, -0.05) is 51.3 Å². The average molecular weight is 295 g/mol. The summed E-state index contributed by atoms with van der Waals surface area (Å²) in [5.74, 6) is 0. The van der Waals surface area contributed by atoms with Crippen molar-refractivity contribution in [3.05, 3.63) is 44.9 Å². The smallest absolute Gasteiger partial charge is 0.0432 e. The Labute approximate surface area is 102 Å². The second-order valence-corrected chi connectivity index (χ2v) is 4.41. The van der Waals surface area contributed by atoms with Gasteiger partial charge in [0, 0.05) is 28.1 Å². The number of halogens is 3. The van der Waals surface area contributed by atoms with Gasteiger partial charge in [0.05, 0.1) is 0 Å². The van der Waals surface area contributed by atoms with Crippen molar-refractivity contribution in [2.45, 2.75) is 6.54 Å². The zero-order valence-electron chi connectivity index (χ0n) is 7.43. The molecule has 14 heavy (non-hydrogen) atoms. The molecule has 0 radical (unpaired) electrons. The number of hydrogen-bond donors (Lipinski definition) is 1. The summed E-state index contributed by atoms with van der Waals surface area (Å²) in [6, 6.07) is 8.12. The lowest BCUT2D eigenvalue weighted by Gasteiger charge is -2.03. The van der Waals surface area contributed by atoms with E-state index in [0.717, 1.165) is 11.0 Å². The van der Waals surface area contributed by atoms with E-state index in [2.05, 4.69) is 33.4 Å². The minimum absolute atomic E-state index is 0.598.